The summed E-state index contributed by atoms with van der Waals surface area (Å²) in [5, 5.41) is 0. The van der Waals surface area contributed by atoms with Crippen molar-refractivity contribution in [3.63, 3.8) is 0 Å². The van der Waals surface area contributed by atoms with E-state index in [2.05, 4.69) is 4.18 Å². The van der Waals surface area contributed by atoms with Crippen LogP contribution in [0.2, 0.25) is 0 Å². The van der Waals surface area contributed by atoms with Crippen molar-refractivity contribution < 1.29 is 21.9 Å². The lowest BCUT2D eigenvalue weighted by Gasteiger charge is -2.07. The first-order valence-electron chi connectivity index (χ1n) is 2.82. The van der Waals surface area contributed by atoms with Crippen LogP contribution in [0.25, 0.3) is 0 Å². The lowest BCUT2D eigenvalue weighted by atomic mass is 10.3. The molecule has 0 aromatic rings. The van der Waals surface area contributed by atoms with E-state index >= 15 is 0 Å². The van der Waals surface area contributed by atoms with Crippen LogP contribution in [-0.4, -0.2) is 25.0 Å². The lowest BCUT2D eigenvalue weighted by Crippen LogP contribution is -2.32. The topological polar surface area (TPSA) is 107 Å². The first-order valence-corrected chi connectivity index (χ1v) is 4.18. The van der Waals surface area contributed by atoms with Crippen LogP contribution in [0.4, 0.5) is 0 Å². The molecule has 0 saturated carbocycles. The Morgan fingerprint density at radius 2 is 2.18 bits per heavy atom. The van der Waals surface area contributed by atoms with Gasteiger partial charge in [-0.15, -0.1) is 0 Å². The average Bonchev–Trinajstić information content (AvgIpc) is 1.80. The third kappa shape index (κ3) is 4.71. The highest BCUT2D eigenvalue weighted by Gasteiger charge is 2.19. The summed E-state index contributed by atoms with van der Waals surface area (Å²) in [5.41, 5.74) is 4.71. The fourth-order valence-electron chi connectivity index (χ4n) is 0.463. The van der Waals surface area contributed by atoms with Gasteiger partial charge in [-0.05, 0) is 6.42 Å². The highest BCUT2D eigenvalue weighted by Crippen LogP contribution is 2.00. The van der Waals surface area contributed by atoms with Gasteiger partial charge >= 0.3 is 10.4 Å². The zero-order valence-corrected chi connectivity index (χ0v) is 6.67. The third-order valence-electron chi connectivity index (χ3n) is 0.926. The molecule has 0 aromatic heterocycles. The highest BCUT2D eigenvalue weighted by atomic mass is 32.3. The lowest BCUT2D eigenvalue weighted by molar-refractivity contribution is -0.124. The quantitative estimate of drug-likeness (QED) is 0.547. The van der Waals surface area contributed by atoms with Gasteiger partial charge < -0.3 is 5.73 Å². The molecule has 0 aliphatic heterocycles. The molecule has 3 N–H and O–H groups in total. The Morgan fingerprint density at radius 1 is 1.73 bits per heavy atom. The number of hydrogen-bond acceptors (Lipinski definition) is 4. The summed E-state index contributed by atoms with van der Waals surface area (Å²) in [6.45, 7) is 1.50. The number of hydrogen-bond donors (Lipinski definition) is 2. The van der Waals surface area contributed by atoms with Gasteiger partial charge in [-0.3, -0.25) is 9.35 Å². The maximum Gasteiger partial charge on any atom is 0.398 e. The van der Waals surface area contributed by atoms with Crippen molar-refractivity contribution in [3.8, 4) is 0 Å². The molecule has 6 nitrogen and oxygen atoms in total. The molecule has 11 heavy (non-hydrogen) atoms. The average molecular weight is 183 g/mol. The Kier molecular flexibility index (Phi) is 3.43. The van der Waals surface area contributed by atoms with Gasteiger partial charge in [0.15, 0.2) is 6.10 Å². The summed E-state index contributed by atoms with van der Waals surface area (Å²) in [4.78, 5) is 10.3. The summed E-state index contributed by atoms with van der Waals surface area (Å²) < 4.78 is 32.1. The Labute approximate surface area is 64.3 Å². The number of amides is 1. The van der Waals surface area contributed by atoms with Gasteiger partial charge in [0.2, 0.25) is 5.91 Å². The summed E-state index contributed by atoms with van der Waals surface area (Å²) in [7, 11) is -4.58. The van der Waals surface area contributed by atoms with Crippen LogP contribution in [-0.2, 0) is 19.4 Å². The van der Waals surface area contributed by atoms with Crippen LogP contribution < -0.4 is 5.73 Å². The fraction of sp³-hybridized carbons (Fsp3) is 0.750. The van der Waals surface area contributed by atoms with E-state index in [4.69, 9.17) is 10.3 Å². The Hall–Kier alpha value is -0.660. The van der Waals surface area contributed by atoms with Crippen molar-refractivity contribution in [2.24, 2.45) is 5.73 Å². The molecule has 1 unspecified atom stereocenters. The van der Waals surface area contributed by atoms with Crippen molar-refractivity contribution in [1.29, 1.82) is 0 Å². The predicted octanol–water partition coefficient (Wildman–Crippen LogP) is -0.930. The van der Waals surface area contributed by atoms with E-state index in [0.29, 0.717) is 0 Å². The van der Waals surface area contributed by atoms with Crippen LogP contribution in [0.15, 0.2) is 0 Å². The zero-order valence-electron chi connectivity index (χ0n) is 5.85. The summed E-state index contributed by atoms with van der Waals surface area (Å²) >= 11 is 0. The molecule has 0 saturated heterocycles. The summed E-state index contributed by atoms with van der Waals surface area (Å²) in [6, 6.07) is 0. The molecular formula is C4H9NO5S. The van der Waals surface area contributed by atoms with Gasteiger partial charge in [0.1, 0.15) is 0 Å². The third-order valence-corrected chi connectivity index (χ3v) is 1.40. The van der Waals surface area contributed by atoms with E-state index in [1.165, 1.54) is 6.92 Å². The molecule has 0 heterocycles. The van der Waals surface area contributed by atoms with Gasteiger partial charge in [-0.2, -0.15) is 8.42 Å². The molecule has 0 radical (unpaired) electrons. The molecule has 0 rings (SSSR count). The van der Waals surface area contributed by atoms with E-state index in [9.17, 15) is 13.2 Å². The van der Waals surface area contributed by atoms with E-state index in [1.54, 1.807) is 0 Å². The predicted molar refractivity (Wildman–Crippen MR) is 35.9 cm³/mol. The number of carbonyl (C=O) groups is 1. The Morgan fingerprint density at radius 3 is 2.27 bits per heavy atom. The smallest absolute Gasteiger partial charge is 0.367 e. The van der Waals surface area contributed by atoms with Gasteiger partial charge in [-0.25, -0.2) is 4.18 Å². The largest absolute Gasteiger partial charge is 0.398 e. The van der Waals surface area contributed by atoms with Crippen LogP contribution in [0, 0.1) is 0 Å². The molecule has 0 aliphatic carbocycles. The summed E-state index contributed by atoms with van der Waals surface area (Å²) in [5.74, 6) is -0.926. The van der Waals surface area contributed by atoms with Crippen molar-refractivity contribution >= 4 is 16.3 Å². The number of carbonyl (C=O) groups excluding carboxylic acids is 1. The van der Waals surface area contributed by atoms with E-state index in [1.807, 2.05) is 0 Å². The second kappa shape index (κ2) is 3.65. The molecule has 0 spiro atoms. The first kappa shape index (κ1) is 10.3. The minimum Gasteiger partial charge on any atom is -0.367 e. The molecule has 0 aliphatic rings. The molecule has 0 bridgehead atoms. The zero-order chi connectivity index (χ0) is 9.07. The maximum absolute atomic E-state index is 10.3. The van der Waals surface area contributed by atoms with Crippen molar-refractivity contribution in [2.45, 2.75) is 19.4 Å². The van der Waals surface area contributed by atoms with Crippen molar-refractivity contribution in [1.82, 2.24) is 0 Å². The van der Waals surface area contributed by atoms with Crippen LogP contribution in [0.1, 0.15) is 13.3 Å². The van der Waals surface area contributed by atoms with Crippen molar-refractivity contribution in [2.75, 3.05) is 0 Å². The Bertz CT molecular complexity index is 233. The molecule has 1 atom stereocenters. The summed E-state index contributed by atoms with van der Waals surface area (Å²) in [6.07, 6.45) is -1.19. The van der Waals surface area contributed by atoms with E-state index < -0.39 is 22.4 Å². The minimum atomic E-state index is -4.58. The first-order chi connectivity index (χ1) is 4.87. The monoisotopic (exact) mass is 183 g/mol. The van der Waals surface area contributed by atoms with Gasteiger partial charge in [-0.1, -0.05) is 6.92 Å². The normalized spacial score (nSPS) is 14.4. The second-order valence-electron chi connectivity index (χ2n) is 1.82. The van der Waals surface area contributed by atoms with E-state index in [0.717, 1.165) is 0 Å². The van der Waals surface area contributed by atoms with Crippen LogP contribution >= 0.6 is 0 Å². The Balaban J connectivity index is 4.22. The second-order valence-corrected chi connectivity index (χ2v) is 2.87. The van der Waals surface area contributed by atoms with Gasteiger partial charge in [0.05, 0.1) is 0 Å². The number of rotatable bonds is 4. The molecule has 1 amide bonds. The molecule has 66 valence electrons. The standard InChI is InChI=1S/C4H9NO5S/c1-2-3(4(5)6)10-11(7,8)9/h3H,2H2,1H3,(H2,5,6)(H,7,8,9). The minimum absolute atomic E-state index is 0.0924. The van der Waals surface area contributed by atoms with Crippen LogP contribution in [0.3, 0.4) is 0 Å². The number of nitrogens with two attached hydrogens (primary N) is 1. The van der Waals surface area contributed by atoms with Crippen LogP contribution in [0.5, 0.6) is 0 Å². The molecule has 0 fully saturated rings. The van der Waals surface area contributed by atoms with Gasteiger partial charge in [0, 0.05) is 0 Å². The fourth-order valence-corrected chi connectivity index (χ4v) is 0.988. The van der Waals surface area contributed by atoms with E-state index in [-0.39, 0.29) is 6.42 Å². The molecule has 0 aromatic carbocycles. The maximum atomic E-state index is 10.3. The molecular weight excluding hydrogens is 174 g/mol. The SMILES string of the molecule is CCC(OS(=O)(=O)O)C(N)=O. The van der Waals surface area contributed by atoms with Gasteiger partial charge in [0.25, 0.3) is 0 Å². The molecule has 7 heteroatoms. The number of primary amides is 1. The van der Waals surface area contributed by atoms with Crippen molar-refractivity contribution in [3.05, 3.63) is 0 Å². The highest BCUT2D eigenvalue weighted by molar-refractivity contribution is 7.80.